The molecule has 0 N–H and O–H groups in total. The summed E-state index contributed by atoms with van der Waals surface area (Å²) in [7, 11) is 0. The summed E-state index contributed by atoms with van der Waals surface area (Å²) in [5.41, 5.74) is 0.956. The number of halogens is 1. The Hall–Kier alpha value is 0.0400. The van der Waals surface area contributed by atoms with Crippen molar-refractivity contribution in [1.29, 1.82) is 0 Å². The van der Waals surface area contributed by atoms with Crippen molar-refractivity contribution in [3.05, 3.63) is 12.0 Å². The number of thioether (sulfide) groups is 1. The Labute approximate surface area is 85.3 Å². The highest BCUT2D eigenvalue weighted by molar-refractivity contribution is 9.09. The average molecular weight is 250 g/mol. The van der Waals surface area contributed by atoms with Gasteiger partial charge >= 0.3 is 0 Å². The van der Waals surface area contributed by atoms with Crippen molar-refractivity contribution in [3.63, 3.8) is 0 Å². The molecule has 0 aliphatic rings. The van der Waals surface area contributed by atoms with Gasteiger partial charge in [0.15, 0.2) is 0 Å². The number of oxazole rings is 1. The Kier molecular flexibility index (Phi) is 4.76. The van der Waals surface area contributed by atoms with Crippen LogP contribution in [-0.4, -0.2) is 16.1 Å². The van der Waals surface area contributed by atoms with E-state index in [1.165, 1.54) is 12.8 Å². The average Bonchev–Trinajstić information content (AvgIpc) is 2.45. The molecule has 0 radical (unpaired) electrons. The smallest absolute Gasteiger partial charge is 0.255 e. The summed E-state index contributed by atoms with van der Waals surface area (Å²) >= 11 is 5.07. The van der Waals surface area contributed by atoms with Gasteiger partial charge in [0.2, 0.25) is 0 Å². The number of rotatable bonds is 5. The van der Waals surface area contributed by atoms with Gasteiger partial charge in [-0.05, 0) is 19.8 Å². The van der Waals surface area contributed by atoms with Gasteiger partial charge in [0.1, 0.15) is 6.26 Å². The molecule has 1 aromatic heterocycles. The van der Waals surface area contributed by atoms with E-state index in [0.717, 1.165) is 22.0 Å². The zero-order valence-corrected chi connectivity index (χ0v) is 9.45. The van der Waals surface area contributed by atoms with E-state index in [-0.39, 0.29) is 0 Å². The van der Waals surface area contributed by atoms with Crippen LogP contribution in [0.25, 0.3) is 0 Å². The third-order valence-electron chi connectivity index (χ3n) is 1.35. The van der Waals surface area contributed by atoms with E-state index in [0.29, 0.717) is 0 Å². The quantitative estimate of drug-likeness (QED) is 0.456. The fourth-order valence-electron chi connectivity index (χ4n) is 0.755. The first-order chi connectivity index (χ1) is 5.83. The molecule has 0 aromatic carbocycles. The zero-order chi connectivity index (χ0) is 8.81. The molecular formula is C8H12BrNOS. The van der Waals surface area contributed by atoms with Crippen molar-refractivity contribution in [1.82, 2.24) is 4.98 Å². The normalized spacial score (nSPS) is 10.5. The lowest BCUT2D eigenvalue weighted by Gasteiger charge is -1.93. The summed E-state index contributed by atoms with van der Waals surface area (Å²) in [6.45, 7) is 1.94. The zero-order valence-electron chi connectivity index (χ0n) is 7.05. The maximum atomic E-state index is 5.18. The molecule has 1 rings (SSSR count). The second-order valence-electron chi connectivity index (χ2n) is 2.50. The third-order valence-corrected chi connectivity index (χ3v) is 2.84. The Bertz CT molecular complexity index is 227. The largest absolute Gasteiger partial charge is 0.440 e. The van der Waals surface area contributed by atoms with Crippen LogP contribution in [0.4, 0.5) is 0 Å². The molecule has 0 fully saturated rings. The van der Waals surface area contributed by atoms with Crippen LogP contribution in [0, 0.1) is 6.92 Å². The first-order valence-electron chi connectivity index (χ1n) is 3.94. The van der Waals surface area contributed by atoms with Gasteiger partial charge in [-0.3, -0.25) is 0 Å². The van der Waals surface area contributed by atoms with Crippen molar-refractivity contribution >= 4 is 27.7 Å². The number of hydrogen-bond acceptors (Lipinski definition) is 3. The van der Waals surface area contributed by atoms with Gasteiger partial charge in [-0.1, -0.05) is 27.7 Å². The lowest BCUT2D eigenvalue weighted by atomic mass is 10.4. The second-order valence-corrected chi connectivity index (χ2v) is 4.34. The molecule has 0 atom stereocenters. The van der Waals surface area contributed by atoms with E-state index in [2.05, 4.69) is 20.9 Å². The van der Waals surface area contributed by atoms with E-state index in [9.17, 15) is 0 Å². The van der Waals surface area contributed by atoms with Crippen LogP contribution in [0.5, 0.6) is 0 Å². The highest BCUT2D eigenvalue weighted by Crippen LogP contribution is 2.18. The van der Waals surface area contributed by atoms with Gasteiger partial charge in [0.05, 0.1) is 5.69 Å². The number of unbranched alkanes of at least 4 members (excludes halogenated alkanes) is 1. The van der Waals surface area contributed by atoms with Crippen LogP contribution < -0.4 is 0 Å². The first kappa shape index (κ1) is 10.1. The van der Waals surface area contributed by atoms with Gasteiger partial charge in [-0.25, -0.2) is 4.98 Å². The van der Waals surface area contributed by atoms with Crippen molar-refractivity contribution in [2.45, 2.75) is 25.0 Å². The fourth-order valence-corrected chi connectivity index (χ4v) is 2.00. The first-order valence-corrected chi connectivity index (χ1v) is 6.04. The number of nitrogens with zero attached hydrogens (tertiary/aromatic N) is 1. The predicted molar refractivity (Wildman–Crippen MR) is 55.0 cm³/mol. The van der Waals surface area contributed by atoms with E-state index < -0.39 is 0 Å². The monoisotopic (exact) mass is 249 g/mol. The van der Waals surface area contributed by atoms with Gasteiger partial charge in [-0.2, -0.15) is 0 Å². The summed E-state index contributed by atoms with van der Waals surface area (Å²) in [4.78, 5) is 4.19. The summed E-state index contributed by atoms with van der Waals surface area (Å²) in [5.74, 6) is 1.09. The summed E-state index contributed by atoms with van der Waals surface area (Å²) in [6, 6.07) is 0. The maximum Gasteiger partial charge on any atom is 0.255 e. The molecule has 0 saturated heterocycles. The van der Waals surface area contributed by atoms with E-state index in [4.69, 9.17) is 4.42 Å². The fraction of sp³-hybridized carbons (Fsp3) is 0.625. The van der Waals surface area contributed by atoms with E-state index >= 15 is 0 Å². The summed E-state index contributed by atoms with van der Waals surface area (Å²) in [6.07, 6.45) is 4.11. The lowest BCUT2D eigenvalue weighted by molar-refractivity contribution is 0.454. The molecule has 0 saturated carbocycles. The van der Waals surface area contributed by atoms with Crippen molar-refractivity contribution in [3.8, 4) is 0 Å². The van der Waals surface area contributed by atoms with Gasteiger partial charge in [0.25, 0.3) is 5.22 Å². The van der Waals surface area contributed by atoms with Crippen LogP contribution in [0.1, 0.15) is 18.5 Å². The molecule has 0 aliphatic carbocycles. The molecule has 0 amide bonds. The second kappa shape index (κ2) is 5.65. The molecular weight excluding hydrogens is 238 g/mol. The third kappa shape index (κ3) is 3.63. The highest BCUT2D eigenvalue weighted by atomic mass is 79.9. The molecule has 0 aliphatic heterocycles. The van der Waals surface area contributed by atoms with Crippen molar-refractivity contribution < 1.29 is 4.42 Å². The molecule has 0 unspecified atom stereocenters. The summed E-state index contributed by atoms with van der Waals surface area (Å²) in [5, 5.41) is 1.88. The number of aryl methyl sites for hydroxylation is 1. The van der Waals surface area contributed by atoms with Crippen LogP contribution in [0.3, 0.4) is 0 Å². The van der Waals surface area contributed by atoms with Crippen molar-refractivity contribution in [2.75, 3.05) is 11.1 Å². The Balaban J connectivity index is 2.15. The standard InChI is InChI=1S/C8H12BrNOS/c1-7-6-11-8(10-7)12-5-3-2-4-9/h6H,2-5H2,1H3. The highest BCUT2D eigenvalue weighted by Gasteiger charge is 1.99. The SMILES string of the molecule is Cc1coc(SCCCCBr)n1. The molecule has 12 heavy (non-hydrogen) atoms. The van der Waals surface area contributed by atoms with Crippen LogP contribution >= 0.6 is 27.7 Å². The van der Waals surface area contributed by atoms with Gasteiger partial charge in [-0.15, -0.1) is 0 Å². The summed E-state index contributed by atoms with van der Waals surface area (Å²) < 4.78 is 5.18. The molecule has 0 spiro atoms. The molecule has 0 bridgehead atoms. The van der Waals surface area contributed by atoms with Crippen LogP contribution in [0.15, 0.2) is 15.9 Å². The van der Waals surface area contributed by atoms with E-state index in [1.54, 1.807) is 18.0 Å². The van der Waals surface area contributed by atoms with Gasteiger partial charge in [0, 0.05) is 11.1 Å². The number of alkyl halides is 1. The van der Waals surface area contributed by atoms with Crippen molar-refractivity contribution in [2.24, 2.45) is 0 Å². The molecule has 1 heterocycles. The maximum absolute atomic E-state index is 5.18. The Morgan fingerprint density at radius 1 is 1.58 bits per heavy atom. The topological polar surface area (TPSA) is 26.0 Å². The lowest BCUT2D eigenvalue weighted by Crippen LogP contribution is -1.81. The molecule has 2 nitrogen and oxygen atoms in total. The Morgan fingerprint density at radius 3 is 3.00 bits per heavy atom. The minimum absolute atomic E-state index is 0.794. The van der Waals surface area contributed by atoms with Crippen LogP contribution in [0.2, 0.25) is 0 Å². The predicted octanol–water partition coefficient (Wildman–Crippen LogP) is 3.25. The minimum atomic E-state index is 0.794. The molecule has 1 aromatic rings. The molecule has 68 valence electrons. The number of aromatic nitrogens is 1. The van der Waals surface area contributed by atoms with Gasteiger partial charge < -0.3 is 4.42 Å². The number of hydrogen-bond donors (Lipinski definition) is 0. The Morgan fingerprint density at radius 2 is 2.42 bits per heavy atom. The van der Waals surface area contributed by atoms with E-state index in [1.807, 2.05) is 6.92 Å². The van der Waals surface area contributed by atoms with Crippen LogP contribution in [-0.2, 0) is 0 Å². The minimum Gasteiger partial charge on any atom is -0.440 e. The molecule has 4 heteroatoms.